The van der Waals surface area contributed by atoms with Gasteiger partial charge in [-0.3, -0.25) is 19.8 Å². The average Bonchev–Trinajstić information content (AvgIpc) is 2.80. The van der Waals surface area contributed by atoms with E-state index in [1.54, 1.807) is 6.08 Å². The Balaban J connectivity index is 2.32. The van der Waals surface area contributed by atoms with E-state index < -0.39 is 12.0 Å². The molecule has 2 N–H and O–H groups in total. The molecule has 0 aromatic carbocycles. The smallest absolute Gasteiger partial charge is 0.328 e. The molecule has 1 fully saturated rings. The molecule has 0 aromatic rings. The third-order valence-corrected chi connectivity index (χ3v) is 3.80. The van der Waals surface area contributed by atoms with Crippen LogP contribution in [0.15, 0.2) is 11.8 Å². The molecule has 1 rings (SSSR count). The lowest BCUT2D eigenvalue weighted by Crippen LogP contribution is -2.28. The fraction of sp³-hybridized carbons (Fsp3) is 0.706. The first-order valence-electron chi connectivity index (χ1n) is 8.68. The molecule has 3 amide bonds. The number of hydrogen-bond acceptors (Lipinski definition) is 4. The lowest BCUT2D eigenvalue weighted by atomic mass is 10.1. The summed E-state index contributed by atoms with van der Waals surface area (Å²) >= 11 is 0. The third-order valence-electron chi connectivity index (χ3n) is 3.80. The SMILES string of the molecule is CCCCCOCC=C1C(=O)NC(=O)N1CCCCCCC(=O)O. The number of ether oxygens (including phenoxy) is 1. The maximum Gasteiger partial charge on any atom is 0.328 e. The minimum absolute atomic E-state index is 0.170. The number of urea groups is 1. The Kier molecular flexibility index (Phi) is 9.76. The van der Waals surface area contributed by atoms with Gasteiger partial charge in [0.1, 0.15) is 5.70 Å². The first-order valence-corrected chi connectivity index (χ1v) is 8.68. The molecule has 0 spiro atoms. The molecule has 0 aromatic heterocycles. The van der Waals surface area contributed by atoms with Gasteiger partial charge in [0.05, 0.1) is 6.61 Å². The maximum atomic E-state index is 11.8. The summed E-state index contributed by atoms with van der Waals surface area (Å²) in [5.41, 5.74) is 0.348. The van der Waals surface area contributed by atoms with Crippen molar-refractivity contribution >= 4 is 17.9 Å². The van der Waals surface area contributed by atoms with Gasteiger partial charge in [-0.15, -0.1) is 0 Å². The Labute approximate surface area is 143 Å². The molecule has 0 radical (unpaired) electrons. The van der Waals surface area contributed by atoms with E-state index in [9.17, 15) is 14.4 Å². The zero-order valence-corrected chi connectivity index (χ0v) is 14.4. The largest absolute Gasteiger partial charge is 0.481 e. The summed E-state index contributed by atoms with van der Waals surface area (Å²) in [5, 5.41) is 10.9. The molecule has 7 nitrogen and oxygen atoms in total. The molecule has 0 atom stereocenters. The molecule has 1 heterocycles. The molecule has 1 aliphatic heterocycles. The molecule has 0 unspecified atom stereocenters. The average molecular weight is 340 g/mol. The van der Waals surface area contributed by atoms with Crippen LogP contribution in [0.25, 0.3) is 0 Å². The molecular weight excluding hydrogens is 312 g/mol. The van der Waals surface area contributed by atoms with E-state index in [-0.39, 0.29) is 12.3 Å². The number of carbonyl (C=O) groups is 3. The highest BCUT2D eigenvalue weighted by Crippen LogP contribution is 2.15. The summed E-state index contributed by atoms with van der Waals surface area (Å²) in [6.45, 7) is 3.54. The quantitative estimate of drug-likeness (QED) is 0.305. The van der Waals surface area contributed by atoms with Gasteiger partial charge in [-0.2, -0.15) is 0 Å². The molecule has 0 aliphatic carbocycles. The van der Waals surface area contributed by atoms with Crippen molar-refractivity contribution in [3.05, 3.63) is 11.8 Å². The number of hydrogen-bond donors (Lipinski definition) is 2. The van der Waals surface area contributed by atoms with E-state index in [0.717, 1.165) is 38.5 Å². The Bertz CT molecular complexity index is 462. The van der Waals surface area contributed by atoms with Crippen LogP contribution in [0.5, 0.6) is 0 Å². The third kappa shape index (κ3) is 7.59. The van der Waals surface area contributed by atoms with E-state index in [1.165, 1.54) is 4.90 Å². The number of rotatable bonds is 13. The molecule has 0 saturated carbocycles. The molecular formula is C17H28N2O5. The van der Waals surface area contributed by atoms with Gasteiger partial charge in [-0.25, -0.2) is 4.79 Å². The van der Waals surface area contributed by atoms with Gasteiger partial charge in [-0.05, 0) is 25.3 Å². The second-order valence-electron chi connectivity index (χ2n) is 5.84. The van der Waals surface area contributed by atoms with Crippen LogP contribution in [0.3, 0.4) is 0 Å². The van der Waals surface area contributed by atoms with E-state index in [4.69, 9.17) is 9.84 Å². The lowest BCUT2D eigenvalue weighted by Gasteiger charge is -2.15. The van der Waals surface area contributed by atoms with Gasteiger partial charge >= 0.3 is 12.0 Å². The minimum Gasteiger partial charge on any atom is -0.481 e. The monoisotopic (exact) mass is 340 g/mol. The zero-order chi connectivity index (χ0) is 17.8. The molecule has 7 heteroatoms. The highest BCUT2D eigenvalue weighted by molar-refractivity contribution is 6.11. The van der Waals surface area contributed by atoms with E-state index in [2.05, 4.69) is 12.2 Å². The predicted octanol–water partition coefficient (Wildman–Crippen LogP) is 2.66. The number of aliphatic carboxylic acids is 1. The van der Waals surface area contributed by atoms with Gasteiger partial charge in [0, 0.05) is 19.6 Å². The fourth-order valence-corrected chi connectivity index (χ4v) is 2.46. The highest BCUT2D eigenvalue weighted by Gasteiger charge is 2.32. The van der Waals surface area contributed by atoms with Crippen LogP contribution in [0.4, 0.5) is 4.79 Å². The molecule has 24 heavy (non-hydrogen) atoms. The van der Waals surface area contributed by atoms with Crippen LogP contribution in [0.2, 0.25) is 0 Å². The van der Waals surface area contributed by atoms with E-state index >= 15 is 0 Å². The summed E-state index contributed by atoms with van der Waals surface area (Å²) in [6.07, 6.45) is 8.04. The second kappa shape index (κ2) is 11.6. The van der Waals surface area contributed by atoms with E-state index in [0.29, 0.717) is 31.9 Å². The van der Waals surface area contributed by atoms with Gasteiger partial charge in [0.2, 0.25) is 0 Å². The topological polar surface area (TPSA) is 95.9 Å². The number of nitrogens with one attached hydrogen (secondary N) is 1. The fourth-order valence-electron chi connectivity index (χ4n) is 2.46. The maximum absolute atomic E-state index is 11.8. The standard InChI is InChI=1S/C17H28N2O5/c1-2-3-8-12-24-13-10-14-16(22)18-17(23)19(14)11-7-5-4-6-9-15(20)21/h10H,2-9,11-13H2,1H3,(H,20,21)(H,18,22,23). The zero-order valence-electron chi connectivity index (χ0n) is 14.4. The van der Waals surface area contributed by atoms with Crippen LogP contribution in [0, 0.1) is 0 Å². The van der Waals surface area contributed by atoms with Crippen LogP contribution in [-0.2, 0) is 14.3 Å². The number of imide groups is 1. The van der Waals surface area contributed by atoms with Crippen molar-refractivity contribution in [1.82, 2.24) is 10.2 Å². The molecule has 1 saturated heterocycles. The van der Waals surface area contributed by atoms with Crippen LogP contribution < -0.4 is 5.32 Å². The normalized spacial score (nSPS) is 16.0. The van der Waals surface area contributed by atoms with Gasteiger partial charge in [0.25, 0.3) is 5.91 Å². The molecule has 136 valence electrons. The summed E-state index contributed by atoms with van der Waals surface area (Å²) in [7, 11) is 0. The Hall–Kier alpha value is -1.89. The number of unbranched alkanes of at least 4 members (excludes halogenated alkanes) is 5. The summed E-state index contributed by atoms with van der Waals surface area (Å²) in [4.78, 5) is 35.5. The second-order valence-corrected chi connectivity index (χ2v) is 5.84. The predicted molar refractivity (Wildman–Crippen MR) is 89.4 cm³/mol. The first kappa shape index (κ1) is 20.2. The van der Waals surface area contributed by atoms with Crippen molar-refractivity contribution in [2.24, 2.45) is 0 Å². The summed E-state index contributed by atoms with van der Waals surface area (Å²) < 4.78 is 5.46. The van der Waals surface area contributed by atoms with Gasteiger partial charge in [-0.1, -0.05) is 32.6 Å². The number of carbonyl (C=O) groups excluding carboxylic acids is 2. The molecule has 0 bridgehead atoms. The summed E-state index contributed by atoms with van der Waals surface area (Å²) in [6, 6.07) is -0.400. The number of amides is 3. The van der Waals surface area contributed by atoms with Crippen molar-refractivity contribution in [2.75, 3.05) is 19.8 Å². The van der Waals surface area contributed by atoms with Crippen molar-refractivity contribution < 1.29 is 24.2 Å². The summed E-state index contributed by atoms with van der Waals surface area (Å²) in [5.74, 6) is -1.17. The lowest BCUT2D eigenvalue weighted by molar-refractivity contribution is -0.137. The Morgan fingerprint density at radius 2 is 1.92 bits per heavy atom. The molecule has 1 aliphatic rings. The van der Waals surface area contributed by atoms with Crippen molar-refractivity contribution in [2.45, 2.75) is 58.3 Å². The first-order chi connectivity index (χ1) is 11.6. The van der Waals surface area contributed by atoms with Crippen LogP contribution in [-0.4, -0.2) is 47.7 Å². The number of carboxylic acids is 1. The van der Waals surface area contributed by atoms with Gasteiger partial charge < -0.3 is 9.84 Å². The van der Waals surface area contributed by atoms with Crippen molar-refractivity contribution in [3.63, 3.8) is 0 Å². The minimum atomic E-state index is -0.788. The Morgan fingerprint density at radius 3 is 2.62 bits per heavy atom. The van der Waals surface area contributed by atoms with Crippen LogP contribution in [0.1, 0.15) is 58.3 Å². The van der Waals surface area contributed by atoms with Gasteiger partial charge in [0.15, 0.2) is 0 Å². The van der Waals surface area contributed by atoms with E-state index in [1.807, 2.05) is 0 Å². The van der Waals surface area contributed by atoms with Crippen molar-refractivity contribution in [3.8, 4) is 0 Å². The number of nitrogens with zero attached hydrogens (tertiary/aromatic N) is 1. The Morgan fingerprint density at radius 1 is 1.17 bits per heavy atom. The van der Waals surface area contributed by atoms with Crippen LogP contribution >= 0.6 is 0 Å². The van der Waals surface area contributed by atoms with Crippen molar-refractivity contribution in [1.29, 1.82) is 0 Å². The highest BCUT2D eigenvalue weighted by atomic mass is 16.5. The number of carboxylic acid groups (broad SMARTS) is 1.